The molecule has 0 unspecified atom stereocenters. The number of aromatic nitrogens is 4. The van der Waals surface area contributed by atoms with Gasteiger partial charge in [-0.3, -0.25) is 0 Å². The Balaban J connectivity index is 1.65. The smallest absolute Gasteiger partial charge is 0.158 e. The van der Waals surface area contributed by atoms with E-state index in [-0.39, 0.29) is 0 Å². The number of hydrogen-bond acceptors (Lipinski definition) is 5. The van der Waals surface area contributed by atoms with E-state index in [1.54, 1.807) is 17.7 Å². The Morgan fingerprint density at radius 3 is 2.88 bits per heavy atom. The molecule has 0 saturated carbocycles. The standard InChI is InChI=1S/C18H23N5S/c1-4-23-18(19-12-21-23)16-7-5-6-15(10-16)11-22(3)9-8-17-14(2)20-13-24-17/h5-7,10,12-13H,4,8-9,11H2,1-3H3. The number of thiazole rings is 1. The molecule has 2 aromatic heterocycles. The van der Waals surface area contributed by atoms with Crippen molar-refractivity contribution < 1.29 is 0 Å². The zero-order valence-electron chi connectivity index (χ0n) is 14.4. The van der Waals surface area contributed by atoms with Gasteiger partial charge in [-0.2, -0.15) is 5.10 Å². The van der Waals surface area contributed by atoms with Gasteiger partial charge in [-0.1, -0.05) is 18.2 Å². The summed E-state index contributed by atoms with van der Waals surface area (Å²) in [7, 11) is 2.16. The van der Waals surface area contributed by atoms with E-state index in [2.05, 4.69) is 65.1 Å². The first-order valence-corrected chi connectivity index (χ1v) is 9.10. The summed E-state index contributed by atoms with van der Waals surface area (Å²) in [5.74, 6) is 0.933. The topological polar surface area (TPSA) is 46.8 Å². The highest BCUT2D eigenvalue weighted by atomic mass is 32.1. The Morgan fingerprint density at radius 2 is 2.12 bits per heavy atom. The lowest BCUT2D eigenvalue weighted by molar-refractivity contribution is 0.332. The van der Waals surface area contributed by atoms with Gasteiger partial charge in [-0.25, -0.2) is 14.6 Å². The van der Waals surface area contributed by atoms with Crippen molar-refractivity contribution >= 4 is 11.3 Å². The number of hydrogen-bond donors (Lipinski definition) is 0. The van der Waals surface area contributed by atoms with Gasteiger partial charge in [0.1, 0.15) is 6.33 Å². The van der Waals surface area contributed by atoms with Gasteiger partial charge < -0.3 is 4.90 Å². The van der Waals surface area contributed by atoms with Crippen molar-refractivity contribution in [1.82, 2.24) is 24.6 Å². The molecule has 0 aliphatic rings. The highest BCUT2D eigenvalue weighted by molar-refractivity contribution is 7.09. The summed E-state index contributed by atoms with van der Waals surface area (Å²) in [4.78, 5) is 12.4. The lowest BCUT2D eigenvalue weighted by Gasteiger charge is -2.17. The quantitative estimate of drug-likeness (QED) is 0.661. The summed E-state index contributed by atoms with van der Waals surface area (Å²) in [6, 6.07) is 8.58. The van der Waals surface area contributed by atoms with E-state index >= 15 is 0 Å². The van der Waals surface area contributed by atoms with Gasteiger partial charge in [0.2, 0.25) is 0 Å². The average molecular weight is 341 g/mol. The van der Waals surface area contributed by atoms with Crippen LogP contribution in [0.15, 0.2) is 36.1 Å². The van der Waals surface area contributed by atoms with Crippen LogP contribution in [0.2, 0.25) is 0 Å². The minimum absolute atomic E-state index is 0.827. The summed E-state index contributed by atoms with van der Waals surface area (Å²) in [6.07, 6.45) is 2.67. The van der Waals surface area contributed by atoms with Crippen LogP contribution in [0.3, 0.4) is 0 Å². The van der Waals surface area contributed by atoms with Gasteiger partial charge in [0.25, 0.3) is 0 Å². The maximum atomic E-state index is 4.39. The molecule has 0 atom stereocenters. The summed E-state index contributed by atoms with van der Waals surface area (Å²) in [5.41, 5.74) is 5.51. The van der Waals surface area contributed by atoms with Crippen molar-refractivity contribution in [3.8, 4) is 11.4 Å². The normalized spacial score (nSPS) is 11.3. The van der Waals surface area contributed by atoms with Crippen LogP contribution in [-0.4, -0.2) is 38.2 Å². The molecule has 24 heavy (non-hydrogen) atoms. The molecule has 126 valence electrons. The molecule has 6 heteroatoms. The van der Waals surface area contributed by atoms with E-state index in [9.17, 15) is 0 Å². The van der Waals surface area contributed by atoms with E-state index in [1.165, 1.54) is 10.4 Å². The van der Waals surface area contributed by atoms with Crippen molar-refractivity contribution in [2.24, 2.45) is 0 Å². The van der Waals surface area contributed by atoms with Crippen LogP contribution in [0.25, 0.3) is 11.4 Å². The molecule has 0 aliphatic carbocycles. The molecule has 1 aromatic carbocycles. The fraction of sp³-hybridized carbons (Fsp3) is 0.389. The molecule has 0 spiro atoms. The van der Waals surface area contributed by atoms with Gasteiger partial charge in [-0.05, 0) is 38.9 Å². The highest BCUT2D eigenvalue weighted by Crippen LogP contribution is 2.19. The van der Waals surface area contributed by atoms with E-state index in [0.29, 0.717) is 0 Å². The van der Waals surface area contributed by atoms with Crippen molar-refractivity contribution in [1.29, 1.82) is 0 Å². The van der Waals surface area contributed by atoms with Crippen LogP contribution >= 0.6 is 11.3 Å². The van der Waals surface area contributed by atoms with Gasteiger partial charge in [0.15, 0.2) is 5.82 Å². The van der Waals surface area contributed by atoms with Gasteiger partial charge in [-0.15, -0.1) is 11.3 Å². The fourth-order valence-corrected chi connectivity index (χ4v) is 3.55. The molecule has 3 aromatic rings. The van der Waals surface area contributed by atoms with Gasteiger partial charge in [0.05, 0.1) is 11.2 Å². The van der Waals surface area contributed by atoms with Crippen molar-refractivity contribution in [2.45, 2.75) is 33.4 Å². The molecular weight excluding hydrogens is 318 g/mol. The second-order valence-corrected chi connectivity index (χ2v) is 6.89. The monoisotopic (exact) mass is 341 g/mol. The molecule has 0 amide bonds. The molecule has 0 aliphatic heterocycles. The Bertz CT molecular complexity index is 792. The van der Waals surface area contributed by atoms with Crippen molar-refractivity contribution in [3.63, 3.8) is 0 Å². The van der Waals surface area contributed by atoms with Gasteiger partial charge >= 0.3 is 0 Å². The second kappa shape index (κ2) is 7.68. The van der Waals surface area contributed by atoms with E-state index < -0.39 is 0 Å². The first kappa shape index (κ1) is 16.8. The lowest BCUT2D eigenvalue weighted by Crippen LogP contribution is -2.20. The molecule has 0 N–H and O–H groups in total. The predicted molar refractivity (Wildman–Crippen MR) is 98.0 cm³/mol. The van der Waals surface area contributed by atoms with E-state index in [1.807, 2.05) is 10.2 Å². The summed E-state index contributed by atoms with van der Waals surface area (Å²) < 4.78 is 1.93. The van der Waals surface area contributed by atoms with Crippen LogP contribution in [0, 0.1) is 6.92 Å². The first-order chi connectivity index (χ1) is 11.7. The molecule has 5 nitrogen and oxygen atoms in total. The fourth-order valence-electron chi connectivity index (χ4n) is 2.78. The van der Waals surface area contributed by atoms with Crippen LogP contribution in [-0.2, 0) is 19.5 Å². The van der Waals surface area contributed by atoms with E-state index in [0.717, 1.165) is 43.1 Å². The minimum Gasteiger partial charge on any atom is -0.302 e. The number of rotatable bonds is 7. The molecule has 0 bridgehead atoms. The zero-order chi connectivity index (χ0) is 16.9. The third kappa shape index (κ3) is 3.88. The van der Waals surface area contributed by atoms with Crippen molar-refractivity contribution in [2.75, 3.05) is 13.6 Å². The van der Waals surface area contributed by atoms with Crippen molar-refractivity contribution in [3.05, 3.63) is 52.2 Å². The second-order valence-electron chi connectivity index (χ2n) is 5.95. The zero-order valence-corrected chi connectivity index (χ0v) is 15.3. The molecule has 0 saturated heterocycles. The number of nitrogens with zero attached hydrogens (tertiary/aromatic N) is 5. The van der Waals surface area contributed by atoms with Crippen LogP contribution < -0.4 is 0 Å². The van der Waals surface area contributed by atoms with E-state index in [4.69, 9.17) is 0 Å². The lowest BCUT2D eigenvalue weighted by atomic mass is 10.1. The molecule has 0 fully saturated rings. The highest BCUT2D eigenvalue weighted by Gasteiger charge is 2.09. The predicted octanol–water partition coefficient (Wildman–Crippen LogP) is 3.40. The summed E-state index contributed by atoms with van der Waals surface area (Å²) in [6.45, 7) is 6.94. The Kier molecular flexibility index (Phi) is 5.37. The minimum atomic E-state index is 0.827. The Hall–Kier alpha value is -2.05. The number of likely N-dealkylation sites (N-methyl/N-ethyl adjacent to an activating group) is 1. The molecule has 3 rings (SSSR count). The maximum absolute atomic E-state index is 4.39. The molecule has 0 radical (unpaired) electrons. The van der Waals surface area contributed by atoms with Crippen LogP contribution in [0.4, 0.5) is 0 Å². The third-order valence-corrected chi connectivity index (χ3v) is 5.11. The molecule has 2 heterocycles. The summed E-state index contributed by atoms with van der Waals surface area (Å²) >= 11 is 1.75. The average Bonchev–Trinajstić information content (AvgIpc) is 3.21. The Labute approximate surface area is 147 Å². The Morgan fingerprint density at radius 1 is 1.25 bits per heavy atom. The van der Waals surface area contributed by atoms with Crippen LogP contribution in [0.1, 0.15) is 23.1 Å². The summed E-state index contributed by atoms with van der Waals surface area (Å²) in [5, 5.41) is 4.26. The first-order valence-electron chi connectivity index (χ1n) is 8.22. The molecular formula is C18H23N5S. The number of benzene rings is 1. The van der Waals surface area contributed by atoms with Gasteiger partial charge in [0, 0.05) is 30.1 Å². The number of aryl methyl sites for hydroxylation is 2. The van der Waals surface area contributed by atoms with Crippen LogP contribution in [0.5, 0.6) is 0 Å². The SMILES string of the molecule is CCn1ncnc1-c1cccc(CN(C)CCc2scnc2C)c1. The maximum Gasteiger partial charge on any atom is 0.158 e. The third-order valence-electron chi connectivity index (χ3n) is 4.12. The largest absolute Gasteiger partial charge is 0.302 e.